The molecular formula is C14H24N2O3. The molecule has 0 bridgehead atoms. The summed E-state index contributed by atoms with van der Waals surface area (Å²) in [5.41, 5.74) is 0. The van der Waals surface area contributed by atoms with Gasteiger partial charge >= 0.3 is 5.97 Å². The van der Waals surface area contributed by atoms with Crippen LogP contribution in [0.15, 0.2) is 0 Å². The molecule has 0 aromatic carbocycles. The number of rotatable bonds is 4. The Morgan fingerprint density at radius 1 is 1.21 bits per heavy atom. The second-order valence-corrected chi connectivity index (χ2v) is 5.69. The summed E-state index contributed by atoms with van der Waals surface area (Å²) in [6.07, 6.45) is 6.19. The van der Waals surface area contributed by atoms with E-state index in [9.17, 15) is 14.7 Å². The third-order valence-corrected chi connectivity index (χ3v) is 4.27. The number of carboxylic acid groups (broad SMARTS) is 1. The van der Waals surface area contributed by atoms with Gasteiger partial charge in [0.1, 0.15) is 6.04 Å². The van der Waals surface area contributed by atoms with E-state index in [1.165, 1.54) is 12.8 Å². The summed E-state index contributed by atoms with van der Waals surface area (Å²) in [6, 6.07) is -0.592. The zero-order valence-corrected chi connectivity index (χ0v) is 11.4. The van der Waals surface area contributed by atoms with E-state index >= 15 is 0 Å². The highest BCUT2D eigenvalue weighted by molar-refractivity contribution is 5.83. The number of hydrogen-bond acceptors (Lipinski definition) is 3. The SMILES string of the molecule is O=C(O)[C@H]1CCCCN1C(=O)CCC1CCCNC1. The van der Waals surface area contributed by atoms with E-state index in [-0.39, 0.29) is 5.91 Å². The molecule has 2 heterocycles. The third-order valence-electron chi connectivity index (χ3n) is 4.27. The molecule has 0 spiro atoms. The van der Waals surface area contributed by atoms with Crippen LogP contribution in [0.5, 0.6) is 0 Å². The number of nitrogens with zero attached hydrogens (tertiary/aromatic N) is 1. The Kier molecular flexibility index (Phi) is 5.19. The number of carbonyl (C=O) groups excluding carboxylic acids is 1. The first kappa shape index (κ1) is 14.3. The number of aliphatic carboxylic acids is 1. The van der Waals surface area contributed by atoms with E-state index in [0.29, 0.717) is 25.3 Å². The molecule has 2 rings (SSSR count). The normalized spacial score (nSPS) is 28.1. The number of likely N-dealkylation sites (tertiary alicyclic amines) is 1. The van der Waals surface area contributed by atoms with Crippen LogP contribution in [-0.2, 0) is 9.59 Å². The van der Waals surface area contributed by atoms with Gasteiger partial charge in [-0.15, -0.1) is 0 Å². The van der Waals surface area contributed by atoms with Gasteiger partial charge in [-0.25, -0.2) is 4.79 Å². The second-order valence-electron chi connectivity index (χ2n) is 5.69. The van der Waals surface area contributed by atoms with Crippen molar-refractivity contribution >= 4 is 11.9 Å². The first-order valence-electron chi connectivity index (χ1n) is 7.41. The fourth-order valence-electron chi connectivity index (χ4n) is 3.13. The Hall–Kier alpha value is -1.10. The maximum absolute atomic E-state index is 12.2. The van der Waals surface area contributed by atoms with Crippen LogP contribution in [0, 0.1) is 5.92 Å². The quantitative estimate of drug-likeness (QED) is 0.804. The highest BCUT2D eigenvalue weighted by Crippen LogP contribution is 2.21. The molecule has 2 saturated heterocycles. The molecule has 2 aliphatic rings. The predicted octanol–water partition coefficient (Wildman–Crippen LogP) is 1.23. The van der Waals surface area contributed by atoms with Crippen LogP contribution in [-0.4, -0.2) is 47.6 Å². The number of amides is 1. The molecule has 0 aromatic heterocycles. The summed E-state index contributed by atoms with van der Waals surface area (Å²) in [7, 11) is 0. The fourth-order valence-corrected chi connectivity index (χ4v) is 3.13. The molecule has 0 radical (unpaired) electrons. The number of nitrogens with one attached hydrogen (secondary N) is 1. The number of carbonyl (C=O) groups is 2. The average molecular weight is 268 g/mol. The van der Waals surface area contributed by atoms with Crippen molar-refractivity contribution in [3.63, 3.8) is 0 Å². The molecule has 5 nitrogen and oxygen atoms in total. The average Bonchev–Trinajstić information content (AvgIpc) is 2.46. The molecule has 2 atom stereocenters. The van der Waals surface area contributed by atoms with Crippen LogP contribution >= 0.6 is 0 Å². The van der Waals surface area contributed by atoms with Gasteiger partial charge in [-0.1, -0.05) is 0 Å². The van der Waals surface area contributed by atoms with Crippen LogP contribution in [0.25, 0.3) is 0 Å². The molecule has 1 amide bonds. The Morgan fingerprint density at radius 3 is 2.74 bits per heavy atom. The zero-order valence-electron chi connectivity index (χ0n) is 11.4. The first-order chi connectivity index (χ1) is 9.18. The predicted molar refractivity (Wildman–Crippen MR) is 71.8 cm³/mol. The third kappa shape index (κ3) is 3.93. The topological polar surface area (TPSA) is 69.6 Å². The zero-order chi connectivity index (χ0) is 13.7. The van der Waals surface area contributed by atoms with Crippen molar-refractivity contribution in [2.75, 3.05) is 19.6 Å². The molecule has 5 heteroatoms. The van der Waals surface area contributed by atoms with Gasteiger partial charge in [-0.05, 0) is 57.5 Å². The Bertz CT molecular complexity index is 327. The minimum Gasteiger partial charge on any atom is -0.480 e. The van der Waals surface area contributed by atoms with Crippen molar-refractivity contribution in [1.29, 1.82) is 0 Å². The van der Waals surface area contributed by atoms with E-state index in [0.717, 1.165) is 32.4 Å². The van der Waals surface area contributed by atoms with E-state index < -0.39 is 12.0 Å². The van der Waals surface area contributed by atoms with Crippen LogP contribution in [0.2, 0.25) is 0 Å². The monoisotopic (exact) mass is 268 g/mol. The number of piperidine rings is 2. The van der Waals surface area contributed by atoms with Gasteiger partial charge in [0.25, 0.3) is 0 Å². The second kappa shape index (κ2) is 6.89. The van der Waals surface area contributed by atoms with E-state index in [2.05, 4.69) is 5.32 Å². The van der Waals surface area contributed by atoms with Crippen molar-refractivity contribution in [2.24, 2.45) is 5.92 Å². The van der Waals surface area contributed by atoms with Crippen LogP contribution in [0.1, 0.15) is 44.9 Å². The van der Waals surface area contributed by atoms with Crippen molar-refractivity contribution < 1.29 is 14.7 Å². The lowest BCUT2D eigenvalue weighted by atomic mass is 9.94. The highest BCUT2D eigenvalue weighted by Gasteiger charge is 2.31. The Labute approximate surface area is 114 Å². The van der Waals surface area contributed by atoms with E-state index in [1.807, 2.05) is 0 Å². The lowest BCUT2D eigenvalue weighted by Gasteiger charge is -2.33. The molecule has 1 unspecified atom stereocenters. The van der Waals surface area contributed by atoms with Gasteiger partial charge in [-0.3, -0.25) is 4.79 Å². The molecule has 108 valence electrons. The molecule has 0 aromatic rings. The van der Waals surface area contributed by atoms with Crippen molar-refractivity contribution in [1.82, 2.24) is 10.2 Å². The first-order valence-corrected chi connectivity index (χ1v) is 7.41. The molecule has 0 aliphatic carbocycles. The maximum Gasteiger partial charge on any atom is 0.326 e. The summed E-state index contributed by atoms with van der Waals surface area (Å²) in [5.74, 6) is -0.254. The van der Waals surface area contributed by atoms with Crippen LogP contribution in [0.3, 0.4) is 0 Å². The van der Waals surface area contributed by atoms with Gasteiger partial charge in [0, 0.05) is 13.0 Å². The van der Waals surface area contributed by atoms with Crippen LogP contribution < -0.4 is 5.32 Å². The largest absolute Gasteiger partial charge is 0.480 e. The van der Waals surface area contributed by atoms with Crippen molar-refractivity contribution in [3.05, 3.63) is 0 Å². The maximum atomic E-state index is 12.2. The molecule has 0 saturated carbocycles. The summed E-state index contributed by atoms with van der Waals surface area (Å²) >= 11 is 0. The summed E-state index contributed by atoms with van der Waals surface area (Å²) < 4.78 is 0. The van der Waals surface area contributed by atoms with Gasteiger partial charge in [0.2, 0.25) is 5.91 Å². The smallest absolute Gasteiger partial charge is 0.326 e. The Morgan fingerprint density at radius 2 is 2.05 bits per heavy atom. The standard InChI is InChI=1S/C14H24N2O3/c17-13(7-6-11-4-3-8-15-10-11)16-9-2-1-5-12(16)14(18)19/h11-12,15H,1-10H2,(H,18,19)/t11?,12-/m1/s1. The van der Waals surface area contributed by atoms with E-state index in [4.69, 9.17) is 0 Å². The number of carboxylic acids is 1. The van der Waals surface area contributed by atoms with Crippen molar-refractivity contribution in [3.8, 4) is 0 Å². The summed E-state index contributed by atoms with van der Waals surface area (Å²) in [5, 5.41) is 12.5. The molecule has 19 heavy (non-hydrogen) atoms. The summed E-state index contributed by atoms with van der Waals surface area (Å²) in [6.45, 7) is 2.69. The lowest BCUT2D eigenvalue weighted by Crippen LogP contribution is -2.48. The number of hydrogen-bond donors (Lipinski definition) is 2. The Balaban J connectivity index is 1.81. The van der Waals surface area contributed by atoms with Gasteiger partial charge in [0.05, 0.1) is 0 Å². The summed E-state index contributed by atoms with van der Waals surface area (Å²) in [4.78, 5) is 25.0. The van der Waals surface area contributed by atoms with Crippen molar-refractivity contribution in [2.45, 2.75) is 51.0 Å². The minimum absolute atomic E-state index is 0.0256. The van der Waals surface area contributed by atoms with E-state index in [1.54, 1.807) is 4.90 Å². The van der Waals surface area contributed by atoms with Gasteiger partial charge < -0.3 is 15.3 Å². The van der Waals surface area contributed by atoms with Gasteiger partial charge in [-0.2, -0.15) is 0 Å². The lowest BCUT2D eigenvalue weighted by molar-refractivity contribution is -0.152. The van der Waals surface area contributed by atoms with Crippen LogP contribution in [0.4, 0.5) is 0 Å². The molecule has 2 fully saturated rings. The molecule has 2 aliphatic heterocycles. The fraction of sp³-hybridized carbons (Fsp3) is 0.857. The minimum atomic E-state index is -0.854. The van der Waals surface area contributed by atoms with Gasteiger partial charge in [0.15, 0.2) is 0 Å². The molecule has 2 N–H and O–H groups in total. The highest BCUT2D eigenvalue weighted by atomic mass is 16.4. The molecular weight excluding hydrogens is 244 g/mol.